The summed E-state index contributed by atoms with van der Waals surface area (Å²) in [6.45, 7) is 2.19. The molecular formula is C24H20ClFN4O3. The van der Waals surface area contributed by atoms with Gasteiger partial charge in [0.25, 0.3) is 0 Å². The molecule has 0 atom stereocenters. The molecule has 0 aliphatic rings. The Morgan fingerprint density at radius 2 is 2.00 bits per heavy atom. The summed E-state index contributed by atoms with van der Waals surface area (Å²) in [7, 11) is 1.40. The third-order valence-electron chi connectivity index (χ3n) is 4.84. The van der Waals surface area contributed by atoms with Crippen molar-refractivity contribution in [2.45, 2.75) is 13.5 Å². The van der Waals surface area contributed by atoms with Crippen LogP contribution < -0.4 is 20.3 Å². The lowest BCUT2D eigenvalue weighted by atomic mass is 10.2. The van der Waals surface area contributed by atoms with Gasteiger partial charge in [0.15, 0.2) is 0 Å². The smallest absolute Gasteiger partial charge is 0.316 e. The molecule has 0 saturated heterocycles. The molecule has 0 aliphatic carbocycles. The molecule has 0 aliphatic heterocycles. The largest absolute Gasteiger partial charge is 0.490 e. The van der Waals surface area contributed by atoms with E-state index in [1.165, 1.54) is 19.2 Å². The molecule has 0 unspecified atom stereocenters. The standard InChI is InChI=1S/C24H20ClFN4O3/c1-15-6-8-17(33-22-5-3-4-10-27-22)12-20(15)28-24-29-23(31)21(32-2)14-30(24)13-16-7-9-19(26)18(25)11-16/h3-12,14H,13H2,1-2H3,(H,28,29,31). The minimum Gasteiger partial charge on any atom is -0.490 e. The highest BCUT2D eigenvalue weighted by molar-refractivity contribution is 6.30. The number of rotatable bonds is 7. The Kier molecular flexibility index (Phi) is 6.55. The van der Waals surface area contributed by atoms with E-state index in [1.54, 1.807) is 41.2 Å². The Labute approximate surface area is 194 Å². The Morgan fingerprint density at radius 3 is 2.73 bits per heavy atom. The molecule has 1 N–H and O–H groups in total. The molecule has 4 rings (SSSR count). The molecule has 0 bridgehead atoms. The summed E-state index contributed by atoms with van der Waals surface area (Å²) < 4.78 is 26.2. The molecule has 0 fully saturated rings. The van der Waals surface area contributed by atoms with E-state index in [4.69, 9.17) is 21.1 Å². The van der Waals surface area contributed by atoms with E-state index in [-0.39, 0.29) is 23.3 Å². The summed E-state index contributed by atoms with van der Waals surface area (Å²) in [6, 6.07) is 15.3. The summed E-state index contributed by atoms with van der Waals surface area (Å²) in [5, 5.41) is 3.21. The van der Waals surface area contributed by atoms with Crippen LogP contribution in [0.1, 0.15) is 11.1 Å². The van der Waals surface area contributed by atoms with Crippen LogP contribution in [0.3, 0.4) is 0 Å². The Balaban J connectivity index is 1.68. The first-order valence-corrected chi connectivity index (χ1v) is 10.4. The van der Waals surface area contributed by atoms with E-state index < -0.39 is 11.4 Å². The Hall–Kier alpha value is -3.91. The predicted octanol–water partition coefficient (Wildman–Crippen LogP) is 5.33. The van der Waals surface area contributed by atoms with E-state index in [0.29, 0.717) is 17.3 Å². The Morgan fingerprint density at radius 1 is 1.15 bits per heavy atom. The van der Waals surface area contributed by atoms with Gasteiger partial charge in [-0.2, -0.15) is 4.98 Å². The van der Waals surface area contributed by atoms with Gasteiger partial charge in [-0.15, -0.1) is 0 Å². The molecule has 0 spiro atoms. The maximum Gasteiger partial charge on any atom is 0.316 e. The number of pyridine rings is 1. The molecule has 0 saturated carbocycles. The average molecular weight is 467 g/mol. The van der Waals surface area contributed by atoms with Crippen molar-refractivity contribution in [3.05, 3.63) is 99.3 Å². The van der Waals surface area contributed by atoms with Crippen molar-refractivity contribution in [1.29, 1.82) is 0 Å². The van der Waals surface area contributed by atoms with Gasteiger partial charge >= 0.3 is 5.56 Å². The number of nitrogens with one attached hydrogen (secondary N) is 1. The highest BCUT2D eigenvalue weighted by Crippen LogP contribution is 2.28. The summed E-state index contributed by atoms with van der Waals surface area (Å²) in [5.74, 6) is 0.876. The van der Waals surface area contributed by atoms with Crippen molar-refractivity contribution in [2.75, 3.05) is 12.4 Å². The van der Waals surface area contributed by atoms with Crippen LogP contribution >= 0.6 is 11.6 Å². The van der Waals surface area contributed by atoms with Gasteiger partial charge in [-0.25, -0.2) is 9.37 Å². The summed E-state index contributed by atoms with van der Waals surface area (Å²) >= 11 is 5.93. The van der Waals surface area contributed by atoms with Gasteiger partial charge in [0.05, 0.1) is 24.9 Å². The van der Waals surface area contributed by atoms with Crippen LogP contribution in [0.5, 0.6) is 17.4 Å². The third-order valence-corrected chi connectivity index (χ3v) is 5.13. The van der Waals surface area contributed by atoms with Crippen LogP contribution in [0.25, 0.3) is 0 Å². The molecule has 9 heteroatoms. The first-order valence-electron chi connectivity index (χ1n) is 9.99. The second-order valence-electron chi connectivity index (χ2n) is 7.19. The van der Waals surface area contributed by atoms with Gasteiger partial charge in [0.2, 0.25) is 17.6 Å². The van der Waals surface area contributed by atoms with E-state index in [2.05, 4.69) is 15.3 Å². The van der Waals surface area contributed by atoms with Crippen LogP contribution in [-0.4, -0.2) is 21.6 Å². The zero-order chi connectivity index (χ0) is 23.4. The number of aryl methyl sites for hydroxylation is 1. The van der Waals surface area contributed by atoms with E-state index in [1.807, 2.05) is 25.1 Å². The van der Waals surface area contributed by atoms with Crippen molar-refractivity contribution in [3.8, 4) is 17.4 Å². The SMILES string of the molecule is COc1cn(Cc2ccc(F)c(Cl)c2)c(Nc2cc(Oc3ccccn3)ccc2C)nc1=O. The fourth-order valence-corrected chi connectivity index (χ4v) is 3.32. The van der Waals surface area contributed by atoms with Gasteiger partial charge in [-0.1, -0.05) is 29.8 Å². The lowest BCUT2D eigenvalue weighted by Gasteiger charge is -2.17. The third kappa shape index (κ3) is 5.30. The van der Waals surface area contributed by atoms with Crippen molar-refractivity contribution < 1.29 is 13.9 Å². The molecule has 33 heavy (non-hydrogen) atoms. The highest BCUT2D eigenvalue weighted by atomic mass is 35.5. The molecular weight excluding hydrogens is 447 g/mol. The van der Waals surface area contributed by atoms with Crippen LogP contribution in [0.4, 0.5) is 16.0 Å². The quantitative estimate of drug-likeness (QED) is 0.396. The molecule has 7 nitrogen and oxygen atoms in total. The number of nitrogens with zero attached hydrogens (tertiary/aromatic N) is 3. The number of ether oxygens (including phenoxy) is 2. The number of benzene rings is 2. The van der Waals surface area contributed by atoms with Gasteiger partial charge in [0, 0.05) is 24.0 Å². The summed E-state index contributed by atoms with van der Waals surface area (Å²) in [4.78, 5) is 20.7. The number of halogens is 2. The van der Waals surface area contributed by atoms with E-state index in [0.717, 1.165) is 11.1 Å². The lowest BCUT2D eigenvalue weighted by Crippen LogP contribution is -2.19. The van der Waals surface area contributed by atoms with Gasteiger partial charge in [0.1, 0.15) is 11.6 Å². The van der Waals surface area contributed by atoms with E-state index in [9.17, 15) is 9.18 Å². The Bertz CT molecular complexity index is 1350. The van der Waals surface area contributed by atoms with Crippen LogP contribution in [0.2, 0.25) is 5.02 Å². The molecule has 168 valence electrons. The minimum atomic E-state index is -0.521. The first-order chi connectivity index (χ1) is 15.9. The second-order valence-corrected chi connectivity index (χ2v) is 7.59. The monoisotopic (exact) mass is 466 g/mol. The molecule has 4 aromatic rings. The fourth-order valence-electron chi connectivity index (χ4n) is 3.12. The second kappa shape index (κ2) is 9.70. The van der Waals surface area contributed by atoms with Crippen LogP contribution in [-0.2, 0) is 6.54 Å². The number of methoxy groups -OCH3 is 1. The first kappa shape index (κ1) is 22.3. The molecule has 2 heterocycles. The number of hydrogen-bond acceptors (Lipinski definition) is 6. The zero-order valence-electron chi connectivity index (χ0n) is 17.9. The summed E-state index contributed by atoms with van der Waals surface area (Å²) in [6.07, 6.45) is 3.18. The predicted molar refractivity (Wildman–Crippen MR) is 124 cm³/mol. The lowest BCUT2D eigenvalue weighted by molar-refractivity contribution is 0.402. The van der Waals surface area contributed by atoms with Gasteiger partial charge in [-0.3, -0.25) is 4.79 Å². The highest BCUT2D eigenvalue weighted by Gasteiger charge is 2.13. The minimum absolute atomic E-state index is 0.0122. The van der Waals surface area contributed by atoms with E-state index >= 15 is 0 Å². The topological polar surface area (TPSA) is 78.3 Å². The molecule has 0 radical (unpaired) electrons. The zero-order valence-corrected chi connectivity index (χ0v) is 18.6. The van der Waals surface area contributed by atoms with Gasteiger partial charge < -0.3 is 19.4 Å². The molecule has 2 aromatic carbocycles. The normalized spacial score (nSPS) is 10.7. The molecule has 0 amide bonds. The average Bonchev–Trinajstić information content (AvgIpc) is 2.81. The van der Waals surface area contributed by atoms with Crippen LogP contribution in [0, 0.1) is 12.7 Å². The van der Waals surface area contributed by atoms with Gasteiger partial charge in [-0.05, 0) is 42.3 Å². The summed E-state index contributed by atoms with van der Waals surface area (Å²) in [5.41, 5.74) is 1.80. The van der Waals surface area contributed by atoms with Crippen molar-refractivity contribution in [2.24, 2.45) is 0 Å². The number of hydrogen-bond donors (Lipinski definition) is 1. The van der Waals surface area contributed by atoms with Crippen molar-refractivity contribution in [3.63, 3.8) is 0 Å². The maximum absolute atomic E-state index is 13.6. The number of aromatic nitrogens is 3. The number of anilines is 2. The fraction of sp³-hybridized carbons (Fsp3) is 0.125. The molecule has 2 aromatic heterocycles. The van der Waals surface area contributed by atoms with Crippen LogP contribution in [0.15, 0.2) is 71.8 Å². The maximum atomic E-state index is 13.6. The van der Waals surface area contributed by atoms with Crippen molar-refractivity contribution in [1.82, 2.24) is 14.5 Å². The van der Waals surface area contributed by atoms with Crippen molar-refractivity contribution >= 4 is 23.2 Å².